The van der Waals surface area contributed by atoms with E-state index in [-0.39, 0.29) is 0 Å². The molecule has 1 atom stereocenters. The Morgan fingerprint density at radius 2 is 2.05 bits per heavy atom. The van der Waals surface area contributed by atoms with Gasteiger partial charge < -0.3 is 10.4 Å². The number of rotatable bonds is 2. The van der Waals surface area contributed by atoms with Gasteiger partial charge in [0.15, 0.2) is 0 Å². The van der Waals surface area contributed by atoms with Crippen molar-refractivity contribution < 1.29 is 5.11 Å². The number of anilines is 1. The molecule has 0 spiro atoms. The zero-order chi connectivity index (χ0) is 14.1. The molecular weight excluding hydrogens is 314 g/mol. The first-order valence-corrected chi connectivity index (χ1v) is 7.77. The highest BCUT2D eigenvalue weighted by Crippen LogP contribution is 2.34. The van der Waals surface area contributed by atoms with E-state index in [1.807, 2.05) is 12.1 Å². The zero-order valence-electron chi connectivity index (χ0n) is 11.5. The smallest absolute Gasteiger partial charge is 0.115 e. The molecule has 0 aromatic heterocycles. The molecule has 2 N–H and O–H groups in total. The van der Waals surface area contributed by atoms with Crippen LogP contribution in [0.2, 0.25) is 0 Å². The van der Waals surface area contributed by atoms with E-state index < -0.39 is 0 Å². The van der Waals surface area contributed by atoms with Crippen LogP contribution in [0.1, 0.15) is 35.6 Å². The number of fused-ring (bicyclic) bond motifs is 1. The van der Waals surface area contributed by atoms with Crippen molar-refractivity contribution in [1.82, 2.24) is 0 Å². The molecule has 3 rings (SSSR count). The minimum absolute atomic E-state index is 0.333. The third-order valence-electron chi connectivity index (χ3n) is 3.94. The molecular formula is C17H18BrNO. The van der Waals surface area contributed by atoms with E-state index in [2.05, 4.69) is 46.4 Å². The number of aryl methyl sites for hydroxylation is 2. The molecule has 104 valence electrons. The summed E-state index contributed by atoms with van der Waals surface area (Å²) < 4.78 is 1.14. The largest absolute Gasteiger partial charge is 0.508 e. The van der Waals surface area contributed by atoms with Crippen molar-refractivity contribution in [2.45, 2.75) is 32.2 Å². The lowest BCUT2D eigenvalue weighted by Gasteiger charge is -2.27. The predicted octanol–water partition coefficient (Wildman–Crippen LogP) is 4.95. The number of hydrogen-bond acceptors (Lipinski definition) is 2. The number of benzene rings is 2. The van der Waals surface area contributed by atoms with Gasteiger partial charge in [0.05, 0.1) is 6.04 Å². The Kier molecular flexibility index (Phi) is 3.70. The van der Waals surface area contributed by atoms with E-state index >= 15 is 0 Å². The van der Waals surface area contributed by atoms with Crippen LogP contribution in [0.3, 0.4) is 0 Å². The summed E-state index contributed by atoms with van der Waals surface area (Å²) in [6.45, 7) is 2.10. The van der Waals surface area contributed by atoms with Crippen LogP contribution in [0.4, 0.5) is 5.69 Å². The SMILES string of the molecule is Cc1cc(NC2CCCc3cc(O)ccc32)ccc1Br. The van der Waals surface area contributed by atoms with E-state index in [0.717, 1.165) is 29.4 Å². The highest BCUT2D eigenvalue weighted by molar-refractivity contribution is 9.10. The average Bonchev–Trinajstić information content (AvgIpc) is 2.43. The molecule has 1 unspecified atom stereocenters. The van der Waals surface area contributed by atoms with Crippen LogP contribution in [0.5, 0.6) is 5.75 Å². The van der Waals surface area contributed by atoms with Gasteiger partial charge in [-0.15, -0.1) is 0 Å². The van der Waals surface area contributed by atoms with Gasteiger partial charge in [0.25, 0.3) is 0 Å². The van der Waals surface area contributed by atoms with E-state index in [1.165, 1.54) is 16.7 Å². The number of halogens is 1. The number of phenolic OH excluding ortho intramolecular Hbond substituents is 1. The zero-order valence-corrected chi connectivity index (χ0v) is 13.1. The molecule has 2 aromatic rings. The van der Waals surface area contributed by atoms with Crippen LogP contribution < -0.4 is 5.32 Å². The quantitative estimate of drug-likeness (QED) is 0.815. The molecule has 0 amide bonds. The summed E-state index contributed by atoms with van der Waals surface area (Å²) in [7, 11) is 0. The first-order valence-electron chi connectivity index (χ1n) is 6.98. The number of nitrogens with one attached hydrogen (secondary N) is 1. The lowest BCUT2D eigenvalue weighted by molar-refractivity contribution is 0.472. The maximum Gasteiger partial charge on any atom is 0.115 e. The Balaban J connectivity index is 1.87. The summed E-state index contributed by atoms with van der Waals surface area (Å²) in [5.74, 6) is 0.365. The second-order valence-corrected chi connectivity index (χ2v) is 6.29. The fourth-order valence-electron chi connectivity index (χ4n) is 2.89. The topological polar surface area (TPSA) is 32.3 Å². The molecule has 0 fully saturated rings. The van der Waals surface area contributed by atoms with Crippen molar-refractivity contribution in [3.05, 3.63) is 57.6 Å². The van der Waals surface area contributed by atoms with Crippen molar-refractivity contribution in [3.63, 3.8) is 0 Å². The molecule has 20 heavy (non-hydrogen) atoms. The molecule has 1 aliphatic rings. The van der Waals surface area contributed by atoms with E-state index in [1.54, 1.807) is 6.07 Å². The minimum Gasteiger partial charge on any atom is -0.508 e. The van der Waals surface area contributed by atoms with Gasteiger partial charge in [-0.05, 0) is 73.2 Å². The lowest BCUT2D eigenvalue weighted by atomic mass is 9.87. The van der Waals surface area contributed by atoms with Crippen molar-refractivity contribution >= 4 is 21.6 Å². The summed E-state index contributed by atoms with van der Waals surface area (Å²) in [5.41, 5.74) is 4.96. The number of phenols is 1. The normalized spacial score (nSPS) is 17.6. The fourth-order valence-corrected chi connectivity index (χ4v) is 3.13. The third kappa shape index (κ3) is 2.68. The molecule has 2 nitrogen and oxygen atoms in total. The first-order chi connectivity index (χ1) is 9.63. The van der Waals surface area contributed by atoms with E-state index in [0.29, 0.717) is 11.8 Å². The molecule has 1 aliphatic carbocycles. The maximum atomic E-state index is 9.61. The Morgan fingerprint density at radius 3 is 2.85 bits per heavy atom. The van der Waals surface area contributed by atoms with Gasteiger partial charge in [-0.1, -0.05) is 22.0 Å². The van der Waals surface area contributed by atoms with Gasteiger partial charge >= 0.3 is 0 Å². The Labute approximate surface area is 128 Å². The van der Waals surface area contributed by atoms with Gasteiger partial charge in [-0.3, -0.25) is 0 Å². The minimum atomic E-state index is 0.333. The van der Waals surface area contributed by atoms with Crippen molar-refractivity contribution in [2.75, 3.05) is 5.32 Å². The maximum absolute atomic E-state index is 9.61. The second-order valence-electron chi connectivity index (χ2n) is 5.44. The van der Waals surface area contributed by atoms with Crippen LogP contribution in [-0.2, 0) is 6.42 Å². The van der Waals surface area contributed by atoms with Crippen molar-refractivity contribution in [2.24, 2.45) is 0 Å². The molecule has 0 saturated heterocycles. The van der Waals surface area contributed by atoms with Crippen molar-refractivity contribution in [3.8, 4) is 5.75 Å². The molecule has 0 aliphatic heterocycles. The lowest BCUT2D eigenvalue weighted by Crippen LogP contribution is -2.17. The highest BCUT2D eigenvalue weighted by Gasteiger charge is 2.20. The molecule has 2 aromatic carbocycles. The van der Waals surface area contributed by atoms with Crippen LogP contribution in [0.25, 0.3) is 0 Å². The average molecular weight is 332 g/mol. The summed E-state index contributed by atoms with van der Waals surface area (Å²) >= 11 is 3.53. The highest BCUT2D eigenvalue weighted by atomic mass is 79.9. The van der Waals surface area contributed by atoms with Crippen LogP contribution in [-0.4, -0.2) is 5.11 Å². The standard InChI is InChI=1S/C17H18BrNO/c1-11-9-13(5-8-16(11)18)19-17-4-2-3-12-10-14(20)6-7-15(12)17/h5-10,17,19-20H,2-4H2,1H3. The molecule has 3 heteroatoms. The predicted molar refractivity (Wildman–Crippen MR) is 86.3 cm³/mol. The van der Waals surface area contributed by atoms with Gasteiger partial charge in [-0.25, -0.2) is 0 Å². The van der Waals surface area contributed by atoms with Crippen molar-refractivity contribution in [1.29, 1.82) is 0 Å². The second kappa shape index (κ2) is 5.49. The summed E-state index contributed by atoms with van der Waals surface area (Å²) in [5, 5.41) is 13.2. The fraction of sp³-hybridized carbons (Fsp3) is 0.294. The Bertz CT molecular complexity index is 639. The molecule has 0 saturated carbocycles. The third-order valence-corrected chi connectivity index (χ3v) is 4.83. The van der Waals surface area contributed by atoms with Crippen LogP contribution in [0.15, 0.2) is 40.9 Å². The van der Waals surface area contributed by atoms with Gasteiger partial charge in [-0.2, -0.15) is 0 Å². The molecule has 0 heterocycles. The summed E-state index contributed by atoms with van der Waals surface area (Å²) in [4.78, 5) is 0. The summed E-state index contributed by atoms with van der Waals surface area (Å²) in [6.07, 6.45) is 3.35. The monoisotopic (exact) mass is 331 g/mol. The van der Waals surface area contributed by atoms with Crippen LogP contribution >= 0.6 is 15.9 Å². The molecule has 0 bridgehead atoms. The van der Waals surface area contributed by atoms with Gasteiger partial charge in [0.1, 0.15) is 5.75 Å². The first kappa shape index (κ1) is 13.5. The Morgan fingerprint density at radius 1 is 1.20 bits per heavy atom. The molecule has 0 radical (unpaired) electrons. The number of hydrogen-bond donors (Lipinski definition) is 2. The summed E-state index contributed by atoms with van der Waals surface area (Å²) in [6, 6.07) is 12.4. The van der Waals surface area contributed by atoms with E-state index in [4.69, 9.17) is 0 Å². The van der Waals surface area contributed by atoms with Crippen LogP contribution in [0, 0.1) is 6.92 Å². The van der Waals surface area contributed by atoms with Gasteiger partial charge in [0, 0.05) is 10.2 Å². The van der Waals surface area contributed by atoms with E-state index in [9.17, 15) is 5.11 Å². The van der Waals surface area contributed by atoms with Gasteiger partial charge in [0.2, 0.25) is 0 Å². The Hall–Kier alpha value is -1.48. The number of aromatic hydroxyl groups is 1.